The van der Waals surface area contributed by atoms with Gasteiger partial charge in [-0.3, -0.25) is 4.79 Å². The van der Waals surface area contributed by atoms with Gasteiger partial charge in [-0.1, -0.05) is 53.4 Å². The summed E-state index contributed by atoms with van der Waals surface area (Å²) in [4.78, 5) is 8.36. The second-order valence-electron chi connectivity index (χ2n) is 3.09. The van der Waals surface area contributed by atoms with Crippen molar-refractivity contribution < 1.29 is 15.0 Å². The lowest BCUT2D eigenvalue weighted by Crippen LogP contribution is -2.09. The molecule has 0 aromatic carbocycles. The minimum Gasteiger partial charge on any atom is -0.483 e. The van der Waals surface area contributed by atoms with Crippen LogP contribution in [0.25, 0.3) is 0 Å². The van der Waals surface area contributed by atoms with Crippen molar-refractivity contribution in [1.82, 2.24) is 5.32 Å². The Morgan fingerprint density at radius 1 is 0.941 bits per heavy atom. The van der Waals surface area contributed by atoms with Gasteiger partial charge >= 0.3 is 0 Å². The fraction of sp³-hybridized carbons (Fsp3) is 0.923. The molecule has 0 bridgehead atoms. The maximum absolute atomic E-state index is 8.36. The van der Waals surface area contributed by atoms with Crippen LogP contribution in [0, 0.1) is 0 Å². The molecule has 0 aromatic heterocycles. The highest BCUT2D eigenvalue weighted by atomic mass is 16.3. The van der Waals surface area contributed by atoms with Gasteiger partial charge in [-0.05, 0) is 20.0 Å². The highest BCUT2D eigenvalue weighted by Gasteiger charge is 1.75. The number of unbranched alkanes of at least 4 members (excludes halogenated alkanes) is 3. The number of hydrogen-bond acceptors (Lipinski definition) is 3. The van der Waals surface area contributed by atoms with E-state index < -0.39 is 0 Å². The first-order valence-electron chi connectivity index (χ1n) is 6.55. The van der Waals surface area contributed by atoms with Crippen LogP contribution in [0.15, 0.2) is 0 Å². The van der Waals surface area contributed by atoms with E-state index in [-0.39, 0.29) is 13.1 Å². The van der Waals surface area contributed by atoms with Crippen molar-refractivity contribution in [3.8, 4) is 0 Å². The molecule has 0 fully saturated rings. The Balaban J connectivity index is -0.0000000698. The molecule has 17 heavy (non-hydrogen) atoms. The lowest BCUT2D eigenvalue weighted by Gasteiger charge is -1.86. The number of aliphatic hydroxyl groups excluding tert-OH is 1. The largest absolute Gasteiger partial charge is 0.483 e. The average molecular weight is 251 g/mol. The van der Waals surface area contributed by atoms with E-state index in [0.717, 1.165) is 13.1 Å². The summed E-state index contributed by atoms with van der Waals surface area (Å²) in [6.45, 7) is 12.5. The molecule has 0 aliphatic rings. The zero-order valence-corrected chi connectivity index (χ0v) is 12.3. The molecule has 0 aliphatic heterocycles. The molecule has 108 valence electrons. The highest BCUT2D eigenvalue weighted by molar-refractivity contribution is 5.32. The Labute approximate surface area is 107 Å². The van der Waals surface area contributed by atoms with Gasteiger partial charge in [-0.15, -0.1) is 0 Å². The molecule has 3 N–H and O–H groups in total. The van der Waals surface area contributed by atoms with Gasteiger partial charge in [0.2, 0.25) is 0 Å². The van der Waals surface area contributed by atoms with Crippen molar-refractivity contribution in [2.75, 3.05) is 19.7 Å². The predicted molar refractivity (Wildman–Crippen MR) is 75.5 cm³/mol. The van der Waals surface area contributed by atoms with Crippen molar-refractivity contribution in [1.29, 1.82) is 0 Å². The zero-order valence-electron chi connectivity index (χ0n) is 12.3. The van der Waals surface area contributed by atoms with Gasteiger partial charge in [-0.25, -0.2) is 0 Å². The lowest BCUT2D eigenvalue weighted by atomic mass is 10.2. The molecule has 0 rings (SSSR count). The van der Waals surface area contributed by atoms with E-state index in [1.165, 1.54) is 25.7 Å². The molecule has 0 radical (unpaired) electrons. The van der Waals surface area contributed by atoms with Crippen LogP contribution >= 0.6 is 0 Å². The number of rotatable bonds is 5. The Morgan fingerprint density at radius 2 is 1.18 bits per heavy atom. The number of carbonyl (C=O) groups is 1. The van der Waals surface area contributed by atoms with Gasteiger partial charge < -0.3 is 15.5 Å². The van der Waals surface area contributed by atoms with Gasteiger partial charge in [0, 0.05) is 6.61 Å². The first-order valence-corrected chi connectivity index (χ1v) is 6.55. The molecule has 0 atom stereocenters. The molecule has 0 spiro atoms. The van der Waals surface area contributed by atoms with Crippen molar-refractivity contribution in [3.63, 3.8) is 0 Å². The van der Waals surface area contributed by atoms with Crippen LogP contribution in [0.5, 0.6) is 0 Å². The van der Waals surface area contributed by atoms with Crippen molar-refractivity contribution in [3.05, 3.63) is 0 Å². The summed E-state index contributed by atoms with van der Waals surface area (Å²) in [5.74, 6) is 0. The molecule has 4 nitrogen and oxygen atoms in total. The molecule has 4 heteroatoms. The van der Waals surface area contributed by atoms with E-state index in [1.807, 2.05) is 0 Å². The van der Waals surface area contributed by atoms with Gasteiger partial charge in [0.15, 0.2) is 0 Å². The average Bonchev–Trinajstić information content (AvgIpc) is 2.30. The minimum absolute atomic E-state index is 0.250. The molecule has 0 heterocycles. The van der Waals surface area contributed by atoms with Crippen molar-refractivity contribution in [2.24, 2.45) is 0 Å². The van der Waals surface area contributed by atoms with E-state index in [1.54, 1.807) is 6.92 Å². The summed E-state index contributed by atoms with van der Waals surface area (Å²) in [6.07, 6.45) is 5.54. The van der Waals surface area contributed by atoms with Gasteiger partial charge in [0.05, 0.1) is 0 Å². The second kappa shape index (κ2) is 45.3. The quantitative estimate of drug-likeness (QED) is 0.519. The van der Waals surface area contributed by atoms with Gasteiger partial charge in [-0.2, -0.15) is 0 Å². The fourth-order valence-electron chi connectivity index (χ4n) is 0.750. The standard InChI is InChI=1S/C6H14.C4H11N.C2H6O.CH2O2/c1-3-5-6-4-2;1-3-5-4-2;1-2-3;2-1-3/h3-6H2,1-2H3;5H,3-4H2,1-2H3;3H,2H2,1H3;1H,(H,2,3). The molecule has 0 unspecified atom stereocenters. The third-order valence-corrected chi connectivity index (χ3v) is 1.46. The SMILES string of the molecule is CCCCCC.CCNCC.CCO.O=CO. The summed E-state index contributed by atoms with van der Waals surface area (Å²) >= 11 is 0. The summed E-state index contributed by atoms with van der Waals surface area (Å²) in [5.41, 5.74) is 0. The molecule has 0 saturated heterocycles. The number of hydrogen-bond donors (Lipinski definition) is 3. The van der Waals surface area contributed by atoms with Crippen molar-refractivity contribution >= 4 is 6.47 Å². The topological polar surface area (TPSA) is 69.6 Å². The summed E-state index contributed by atoms with van der Waals surface area (Å²) < 4.78 is 0. The lowest BCUT2D eigenvalue weighted by molar-refractivity contribution is -0.122. The fourth-order valence-corrected chi connectivity index (χ4v) is 0.750. The maximum atomic E-state index is 8.36. The molecular weight excluding hydrogens is 218 g/mol. The normalized spacial score (nSPS) is 7.41. The Hall–Kier alpha value is -0.610. The molecule has 0 amide bonds. The second-order valence-corrected chi connectivity index (χ2v) is 3.09. The zero-order chi connectivity index (χ0) is 14.4. The summed E-state index contributed by atoms with van der Waals surface area (Å²) in [7, 11) is 0. The first kappa shape index (κ1) is 25.3. The molecular formula is C13H33NO3. The number of aliphatic hydroxyl groups is 1. The van der Waals surface area contributed by atoms with Gasteiger partial charge in [0.1, 0.15) is 0 Å². The van der Waals surface area contributed by atoms with E-state index >= 15 is 0 Å². The Morgan fingerprint density at radius 3 is 1.24 bits per heavy atom. The summed E-state index contributed by atoms with van der Waals surface area (Å²) in [5, 5.41) is 17.6. The first-order chi connectivity index (χ1) is 8.16. The smallest absolute Gasteiger partial charge is 0.290 e. The van der Waals surface area contributed by atoms with Crippen LogP contribution in [-0.4, -0.2) is 36.4 Å². The van der Waals surface area contributed by atoms with E-state index in [2.05, 4.69) is 33.0 Å². The van der Waals surface area contributed by atoms with Crippen LogP contribution in [0.3, 0.4) is 0 Å². The van der Waals surface area contributed by atoms with Crippen LogP contribution in [0.4, 0.5) is 0 Å². The van der Waals surface area contributed by atoms with Gasteiger partial charge in [0.25, 0.3) is 6.47 Å². The number of nitrogens with one attached hydrogen (secondary N) is 1. The van der Waals surface area contributed by atoms with Crippen molar-refractivity contribution in [2.45, 2.75) is 60.3 Å². The predicted octanol–water partition coefficient (Wildman–Crippen LogP) is 2.90. The third kappa shape index (κ3) is 143. The van der Waals surface area contributed by atoms with Crippen LogP contribution in [-0.2, 0) is 4.79 Å². The molecule has 0 aliphatic carbocycles. The van der Waals surface area contributed by atoms with Crippen LogP contribution < -0.4 is 5.32 Å². The Kier molecular flexibility index (Phi) is 67.3. The maximum Gasteiger partial charge on any atom is 0.290 e. The molecule has 0 aromatic rings. The van der Waals surface area contributed by atoms with E-state index in [0.29, 0.717) is 0 Å². The highest BCUT2D eigenvalue weighted by Crippen LogP contribution is 1.95. The van der Waals surface area contributed by atoms with Crippen LogP contribution in [0.1, 0.15) is 60.3 Å². The monoisotopic (exact) mass is 251 g/mol. The molecule has 0 saturated carbocycles. The van der Waals surface area contributed by atoms with Crippen LogP contribution in [0.2, 0.25) is 0 Å². The minimum atomic E-state index is -0.250. The Bertz CT molecular complexity index is 84.7. The van der Waals surface area contributed by atoms with E-state index in [4.69, 9.17) is 15.0 Å². The summed E-state index contributed by atoms with van der Waals surface area (Å²) in [6, 6.07) is 0. The number of carboxylic acid groups (broad SMARTS) is 1. The van der Waals surface area contributed by atoms with E-state index in [9.17, 15) is 0 Å². The third-order valence-electron chi connectivity index (χ3n) is 1.46.